The molecule has 0 spiro atoms. The highest BCUT2D eigenvalue weighted by molar-refractivity contribution is 5.74. The molecule has 0 aliphatic heterocycles. The van der Waals surface area contributed by atoms with Crippen LogP contribution in [0.2, 0.25) is 0 Å². The predicted molar refractivity (Wildman–Crippen MR) is 76.1 cm³/mol. The molecule has 0 aliphatic rings. The van der Waals surface area contributed by atoms with Crippen molar-refractivity contribution in [2.24, 2.45) is 17.8 Å². The van der Waals surface area contributed by atoms with E-state index in [1.807, 2.05) is 0 Å². The zero-order valence-corrected chi connectivity index (χ0v) is 12.5. The van der Waals surface area contributed by atoms with Crippen molar-refractivity contribution in [3.8, 4) is 0 Å². The molecule has 112 valence electrons. The molecule has 0 bridgehead atoms. The summed E-state index contributed by atoms with van der Waals surface area (Å²) < 4.78 is 0. The van der Waals surface area contributed by atoms with Crippen LogP contribution in [-0.4, -0.2) is 30.2 Å². The molecule has 0 unspecified atom stereocenters. The first-order valence-electron chi connectivity index (χ1n) is 7.04. The SMILES string of the molecule is CC(C)CCNC(=O)NC[C@H](CC(=O)O)CC(C)C. The van der Waals surface area contributed by atoms with E-state index < -0.39 is 5.97 Å². The average Bonchev–Trinajstić information content (AvgIpc) is 2.23. The molecule has 0 saturated heterocycles. The van der Waals surface area contributed by atoms with Crippen LogP contribution in [0.3, 0.4) is 0 Å². The van der Waals surface area contributed by atoms with Crippen molar-refractivity contribution in [3.63, 3.8) is 0 Å². The second-order valence-corrected chi connectivity index (χ2v) is 5.91. The lowest BCUT2D eigenvalue weighted by molar-refractivity contribution is -0.138. The number of aliphatic carboxylic acids is 1. The highest BCUT2D eigenvalue weighted by Crippen LogP contribution is 2.14. The Morgan fingerprint density at radius 1 is 1.05 bits per heavy atom. The monoisotopic (exact) mass is 272 g/mol. The minimum absolute atomic E-state index is 0.00616. The summed E-state index contributed by atoms with van der Waals surface area (Å²) in [4.78, 5) is 22.3. The second-order valence-electron chi connectivity index (χ2n) is 5.91. The Bertz CT molecular complexity index is 278. The smallest absolute Gasteiger partial charge is 0.314 e. The number of carbonyl (C=O) groups excluding carboxylic acids is 1. The van der Waals surface area contributed by atoms with Crippen LogP contribution in [0.1, 0.15) is 47.0 Å². The lowest BCUT2D eigenvalue weighted by Crippen LogP contribution is -2.39. The highest BCUT2D eigenvalue weighted by atomic mass is 16.4. The van der Waals surface area contributed by atoms with Gasteiger partial charge < -0.3 is 15.7 Å². The van der Waals surface area contributed by atoms with Crippen molar-refractivity contribution < 1.29 is 14.7 Å². The molecule has 0 saturated carbocycles. The van der Waals surface area contributed by atoms with Gasteiger partial charge in [0.25, 0.3) is 0 Å². The van der Waals surface area contributed by atoms with Gasteiger partial charge in [-0.05, 0) is 30.6 Å². The van der Waals surface area contributed by atoms with E-state index in [0.717, 1.165) is 12.8 Å². The van der Waals surface area contributed by atoms with Crippen molar-refractivity contribution in [1.29, 1.82) is 0 Å². The summed E-state index contributed by atoms with van der Waals surface area (Å²) in [6, 6.07) is -0.209. The molecule has 0 radical (unpaired) electrons. The van der Waals surface area contributed by atoms with Gasteiger partial charge in [0.05, 0.1) is 0 Å². The molecule has 0 aromatic carbocycles. The number of carboxylic acids is 1. The van der Waals surface area contributed by atoms with Crippen molar-refractivity contribution in [2.45, 2.75) is 47.0 Å². The summed E-state index contributed by atoms with van der Waals surface area (Å²) in [5.74, 6) is 0.164. The third-order valence-electron chi connectivity index (χ3n) is 2.83. The minimum atomic E-state index is -0.812. The van der Waals surface area contributed by atoms with Crippen LogP contribution < -0.4 is 10.6 Å². The molecule has 0 aliphatic carbocycles. The first-order chi connectivity index (χ1) is 8.81. The molecule has 19 heavy (non-hydrogen) atoms. The van der Waals surface area contributed by atoms with Gasteiger partial charge >= 0.3 is 12.0 Å². The van der Waals surface area contributed by atoms with Crippen LogP contribution in [0.5, 0.6) is 0 Å². The number of rotatable bonds is 9. The Morgan fingerprint density at radius 3 is 2.16 bits per heavy atom. The van der Waals surface area contributed by atoms with Crippen LogP contribution in [-0.2, 0) is 4.79 Å². The van der Waals surface area contributed by atoms with Gasteiger partial charge in [-0.2, -0.15) is 0 Å². The zero-order chi connectivity index (χ0) is 14.8. The first-order valence-corrected chi connectivity index (χ1v) is 7.04. The summed E-state index contributed by atoms with van der Waals surface area (Å²) in [5, 5.41) is 14.4. The third kappa shape index (κ3) is 11.6. The molecule has 0 aromatic rings. The number of hydrogen-bond acceptors (Lipinski definition) is 2. The normalized spacial score (nSPS) is 12.5. The van der Waals surface area contributed by atoms with Gasteiger partial charge in [0.2, 0.25) is 0 Å². The molecule has 1 atom stereocenters. The number of nitrogens with one attached hydrogen (secondary N) is 2. The molecular weight excluding hydrogens is 244 g/mol. The number of carbonyl (C=O) groups is 2. The summed E-state index contributed by atoms with van der Waals surface area (Å²) in [6.45, 7) is 9.38. The fourth-order valence-electron chi connectivity index (χ4n) is 1.93. The van der Waals surface area contributed by atoms with Crippen LogP contribution >= 0.6 is 0 Å². The second kappa shape index (κ2) is 9.64. The summed E-state index contributed by atoms with van der Waals surface area (Å²) in [7, 11) is 0. The van der Waals surface area contributed by atoms with E-state index in [4.69, 9.17) is 5.11 Å². The van der Waals surface area contributed by atoms with Gasteiger partial charge in [-0.15, -0.1) is 0 Å². The Balaban J connectivity index is 3.95. The van der Waals surface area contributed by atoms with Gasteiger partial charge in [-0.1, -0.05) is 27.7 Å². The molecule has 0 rings (SSSR count). The Labute approximate surface area is 116 Å². The lowest BCUT2D eigenvalue weighted by atomic mass is 9.94. The van der Waals surface area contributed by atoms with Crippen LogP contribution in [0.4, 0.5) is 4.79 Å². The topological polar surface area (TPSA) is 78.4 Å². The first kappa shape index (κ1) is 17.7. The van der Waals surface area contributed by atoms with Crippen molar-refractivity contribution in [1.82, 2.24) is 10.6 Å². The third-order valence-corrected chi connectivity index (χ3v) is 2.83. The summed E-state index contributed by atoms with van der Waals surface area (Å²) in [6.07, 6.45) is 1.85. The Morgan fingerprint density at radius 2 is 1.68 bits per heavy atom. The van der Waals surface area contributed by atoms with E-state index in [0.29, 0.717) is 24.9 Å². The van der Waals surface area contributed by atoms with Crippen LogP contribution in [0.15, 0.2) is 0 Å². The standard InChI is InChI=1S/C14H28N2O3/c1-10(2)5-6-15-14(19)16-9-12(7-11(3)4)8-13(17)18/h10-12H,5-9H2,1-4H3,(H,17,18)(H2,15,16,19)/t12-/m0/s1. The zero-order valence-electron chi connectivity index (χ0n) is 12.5. The fourth-order valence-corrected chi connectivity index (χ4v) is 1.93. The predicted octanol–water partition coefficient (Wildman–Crippen LogP) is 2.47. The van der Waals surface area contributed by atoms with Gasteiger partial charge in [0.15, 0.2) is 0 Å². The number of hydrogen-bond donors (Lipinski definition) is 3. The Hall–Kier alpha value is -1.26. The largest absolute Gasteiger partial charge is 0.481 e. The number of urea groups is 1. The molecular formula is C14H28N2O3. The minimum Gasteiger partial charge on any atom is -0.481 e. The Kier molecular flexibility index (Phi) is 9.00. The van der Waals surface area contributed by atoms with E-state index in [-0.39, 0.29) is 18.4 Å². The van der Waals surface area contributed by atoms with Crippen LogP contribution in [0, 0.1) is 17.8 Å². The quantitative estimate of drug-likeness (QED) is 0.603. The molecule has 0 aromatic heterocycles. The molecule has 5 heteroatoms. The average molecular weight is 272 g/mol. The van der Waals surface area contributed by atoms with E-state index in [1.54, 1.807) is 0 Å². The highest BCUT2D eigenvalue weighted by Gasteiger charge is 2.15. The molecule has 0 heterocycles. The summed E-state index contributed by atoms with van der Waals surface area (Å²) in [5.41, 5.74) is 0. The molecule has 3 N–H and O–H groups in total. The maximum atomic E-state index is 11.5. The maximum absolute atomic E-state index is 11.5. The van der Waals surface area contributed by atoms with Crippen molar-refractivity contribution in [3.05, 3.63) is 0 Å². The van der Waals surface area contributed by atoms with E-state index >= 15 is 0 Å². The molecule has 2 amide bonds. The fraction of sp³-hybridized carbons (Fsp3) is 0.857. The molecule has 5 nitrogen and oxygen atoms in total. The number of amides is 2. The van der Waals surface area contributed by atoms with E-state index in [1.165, 1.54) is 0 Å². The van der Waals surface area contributed by atoms with Gasteiger partial charge in [-0.25, -0.2) is 4.79 Å². The van der Waals surface area contributed by atoms with E-state index in [2.05, 4.69) is 38.3 Å². The van der Waals surface area contributed by atoms with Crippen molar-refractivity contribution in [2.75, 3.05) is 13.1 Å². The maximum Gasteiger partial charge on any atom is 0.314 e. The van der Waals surface area contributed by atoms with E-state index in [9.17, 15) is 9.59 Å². The van der Waals surface area contributed by atoms with Crippen LogP contribution in [0.25, 0.3) is 0 Å². The summed E-state index contributed by atoms with van der Waals surface area (Å²) >= 11 is 0. The molecule has 0 fully saturated rings. The number of carboxylic acid groups (broad SMARTS) is 1. The van der Waals surface area contributed by atoms with Crippen molar-refractivity contribution >= 4 is 12.0 Å². The van der Waals surface area contributed by atoms with Gasteiger partial charge in [0, 0.05) is 19.5 Å². The lowest BCUT2D eigenvalue weighted by Gasteiger charge is -2.18. The van der Waals surface area contributed by atoms with Gasteiger partial charge in [-0.3, -0.25) is 4.79 Å². The van der Waals surface area contributed by atoms with Gasteiger partial charge in [0.1, 0.15) is 0 Å².